The smallest absolute Gasteiger partial charge is 0.133 e. The van der Waals surface area contributed by atoms with Gasteiger partial charge in [-0.1, -0.05) is 12.1 Å². The Morgan fingerprint density at radius 2 is 1.89 bits per heavy atom. The molecule has 0 unspecified atom stereocenters. The number of hydrogen-bond donors (Lipinski definition) is 1. The van der Waals surface area contributed by atoms with E-state index in [1.165, 1.54) is 12.1 Å². The van der Waals surface area contributed by atoms with Crippen LogP contribution in [0, 0.1) is 12.7 Å². The summed E-state index contributed by atoms with van der Waals surface area (Å²) >= 11 is 0. The van der Waals surface area contributed by atoms with Crippen molar-refractivity contribution in [1.29, 1.82) is 0 Å². The molecule has 0 amide bonds. The molecule has 0 aliphatic heterocycles. The largest absolute Gasteiger partial charge is 0.330 e. The minimum atomic E-state index is -0.229. The van der Waals surface area contributed by atoms with Gasteiger partial charge in [-0.15, -0.1) is 0 Å². The van der Waals surface area contributed by atoms with Crippen LogP contribution in [0.4, 0.5) is 4.39 Å². The van der Waals surface area contributed by atoms with Crippen molar-refractivity contribution in [2.75, 3.05) is 6.54 Å². The second kappa shape index (κ2) is 5.69. The van der Waals surface area contributed by atoms with Crippen molar-refractivity contribution in [3.05, 3.63) is 58.9 Å². The average Bonchev–Trinajstić information content (AvgIpc) is 2.32. The van der Waals surface area contributed by atoms with Crippen LogP contribution in [0.3, 0.4) is 0 Å². The summed E-state index contributed by atoms with van der Waals surface area (Å²) in [7, 11) is 0. The molecule has 18 heavy (non-hydrogen) atoms. The van der Waals surface area contributed by atoms with E-state index in [0.29, 0.717) is 13.0 Å². The molecule has 0 saturated carbocycles. The molecule has 1 aromatic carbocycles. The summed E-state index contributed by atoms with van der Waals surface area (Å²) < 4.78 is 12.8. The van der Waals surface area contributed by atoms with Crippen molar-refractivity contribution < 1.29 is 4.39 Å². The Morgan fingerprint density at radius 3 is 2.56 bits per heavy atom. The first-order valence-electron chi connectivity index (χ1n) is 5.95. The predicted molar refractivity (Wildman–Crippen MR) is 68.7 cm³/mol. The number of rotatable bonds is 4. The lowest BCUT2D eigenvalue weighted by Gasteiger charge is -2.05. The van der Waals surface area contributed by atoms with Crippen LogP contribution in [0.1, 0.15) is 22.8 Å². The lowest BCUT2D eigenvalue weighted by molar-refractivity contribution is 0.627. The maximum atomic E-state index is 12.8. The van der Waals surface area contributed by atoms with Crippen molar-refractivity contribution in [3.8, 4) is 0 Å². The summed E-state index contributed by atoms with van der Waals surface area (Å²) in [6.45, 7) is 2.52. The van der Waals surface area contributed by atoms with Gasteiger partial charge in [-0.2, -0.15) is 0 Å². The number of aryl methyl sites for hydroxylation is 1. The first-order chi connectivity index (χ1) is 8.67. The van der Waals surface area contributed by atoms with E-state index in [1.54, 1.807) is 12.1 Å². The highest BCUT2D eigenvalue weighted by atomic mass is 19.1. The van der Waals surface area contributed by atoms with Crippen LogP contribution >= 0.6 is 0 Å². The molecule has 0 spiro atoms. The first kappa shape index (κ1) is 12.6. The van der Waals surface area contributed by atoms with Crippen molar-refractivity contribution >= 4 is 0 Å². The zero-order chi connectivity index (χ0) is 13.0. The van der Waals surface area contributed by atoms with E-state index >= 15 is 0 Å². The third-order valence-corrected chi connectivity index (χ3v) is 2.63. The molecule has 2 aromatic rings. The van der Waals surface area contributed by atoms with Crippen molar-refractivity contribution in [1.82, 2.24) is 9.97 Å². The molecule has 0 saturated heterocycles. The van der Waals surface area contributed by atoms with Crippen LogP contribution < -0.4 is 5.73 Å². The predicted octanol–water partition coefficient (Wildman–Crippen LogP) is 2.02. The molecule has 1 aromatic heterocycles. The van der Waals surface area contributed by atoms with Gasteiger partial charge in [0.05, 0.1) is 0 Å². The van der Waals surface area contributed by atoms with Gasteiger partial charge in [0.25, 0.3) is 0 Å². The third-order valence-electron chi connectivity index (χ3n) is 2.63. The van der Waals surface area contributed by atoms with Crippen LogP contribution in [0.5, 0.6) is 0 Å². The van der Waals surface area contributed by atoms with E-state index in [0.717, 1.165) is 29.2 Å². The highest BCUT2D eigenvalue weighted by Crippen LogP contribution is 2.09. The minimum Gasteiger partial charge on any atom is -0.330 e. The molecular formula is C14H16FN3. The molecule has 2 N–H and O–H groups in total. The van der Waals surface area contributed by atoms with Crippen molar-refractivity contribution in [2.45, 2.75) is 19.8 Å². The molecule has 0 atom stereocenters. The summed E-state index contributed by atoms with van der Waals surface area (Å²) in [5, 5.41) is 0. The van der Waals surface area contributed by atoms with Gasteiger partial charge in [0.1, 0.15) is 11.6 Å². The van der Waals surface area contributed by atoms with Crippen LogP contribution in [-0.2, 0) is 12.8 Å². The van der Waals surface area contributed by atoms with E-state index in [4.69, 9.17) is 5.73 Å². The van der Waals surface area contributed by atoms with Gasteiger partial charge in [-0.25, -0.2) is 14.4 Å². The Bertz CT molecular complexity index is 523. The number of nitrogens with two attached hydrogens (primary N) is 1. The maximum Gasteiger partial charge on any atom is 0.133 e. The Kier molecular flexibility index (Phi) is 3.99. The van der Waals surface area contributed by atoms with Crippen LogP contribution in [0.25, 0.3) is 0 Å². The average molecular weight is 245 g/mol. The maximum absolute atomic E-state index is 12.8. The van der Waals surface area contributed by atoms with Crippen LogP contribution in [0.15, 0.2) is 30.3 Å². The molecule has 3 nitrogen and oxygen atoms in total. The van der Waals surface area contributed by atoms with Gasteiger partial charge in [-0.05, 0) is 37.2 Å². The summed E-state index contributed by atoms with van der Waals surface area (Å²) in [5.74, 6) is 0.526. The highest BCUT2D eigenvalue weighted by molar-refractivity contribution is 5.21. The Morgan fingerprint density at radius 1 is 1.17 bits per heavy atom. The summed E-state index contributed by atoms with van der Waals surface area (Å²) in [6.07, 6.45) is 1.36. The van der Waals surface area contributed by atoms with Crippen LogP contribution in [0.2, 0.25) is 0 Å². The number of benzene rings is 1. The van der Waals surface area contributed by atoms with E-state index in [-0.39, 0.29) is 5.82 Å². The van der Waals surface area contributed by atoms with Gasteiger partial charge in [0, 0.05) is 24.2 Å². The van der Waals surface area contributed by atoms with Crippen molar-refractivity contribution in [3.63, 3.8) is 0 Å². The van der Waals surface area contributed by atoms with E-state index in [9.17, 15) is 4.39 Å². The first-order valence-corrected chi connectivity index (χ1v) is 5.95. The van der Waals surface area contributed by atoms with Crippen molar-refractivity contribution in [2.24, 2.45) is 5.73 Å². The minimum absolute atomic E-state index is 0.229. The van der Waals surface area contributed by atoms with E-state index in [2.05, 4.69) is 9.97 Å². The molecule has 0 bridgehead atoms. The van der Waals surface area contributed by atoms with Crippen LogP contribution in [-0.4, -0.2) is 16.5 Å². The van der Waals surface area contributed by atoms with Gasteiger partial charge in [0.15, 0.2) is 0 Å². The zero-order valence-electron chi connectivity index (χ0n) is 10.4. The summed E-state index contributed by atoms with van der Waals surface area (Å²) in [5.41, 5.74) is 8.42. The summed E-state index contributed by atoms with van der Waals surface area (Å²) in [6, 6.07) is 8.35. The number of aromatic nitrogens is 2. The molecule has 4 heteroatoms. The quantitative estimate of drug-likeness (QED) is 0.896. The zero-order valence-corrected chi connectivity index (χ0v) is 10.4. The number of halogens is 1. The lowest BCUT2D eigenvalue weighted by atomic mass is 10.1. The molecule has 0 aliphatic rings. The molecule has 1 heterocycles. The van der Waals surface area contributed by atoms with Gasteiger partial charge < -0.3 is 5.73 Å². The van der Waals surface area contributed by atoms with E-state index in [1.807, 2.05) is 13.0 Å². The fourth-order valence-electron chi connectivity index (χ4n) is 1.84. The van der Waals surface area contributed by atoms with E-state index < -0.39 is 0 Å². The fraction of sp³-hybridized carbons (Fsp3) is 0.286. The number of hydrogen-bond acceptors (Lipinski definition) is 3. The fourth-order valence-corrected chi connectivity index (χ4v) is 1.84. The van der Waals surface area contributed by atoms with Gasteiger partial charge in [0.2, 0.25) is 0 Å². The number of nitrogens with zero attached hydrogens (tertiary/aromatic N) is 2. The molecule has 94 valence electrons. The second-order valence-electron chi connectivity index (χ2n) is 4.26. The monoisotopic (exact) mass is 245 g/mol. The standard InChI is InChI=1S/C14H16FN3/c1-10-8-13(6-7-16)18-14(17-10)9-11-2-4-12(15)5-3-11/h2-5,8H,6-7,9,16H2,1H3. The normalized spacial score (nSPS) is 10.6. The molecule has 0 aliphatic carbocycles. The van der Waals surface area contributed by atoms with Gasteiger partial charge >= 0.3 is 0 Å². The lowest BCUT2D eigenvalue weighted by Crippen LogP contribution is -2.08. The SMILES string of the molecule is Cc1cc(CCN)nc(Cc2ccc(F)cc2)n1. The van der Waals surface area contributed by atoms with Gasteiger partial charge in [-0.3, -0.25) is 0 Å². The Hall–Kier alpha value is -1.81. The molecule has 0 fully saturated rings. The third kappa shape index (κ3) is 3.34. The topological polar surface area (TPSA) is 51.8 Å². The molecule has 2 rings (SSSR count). The summed E-state index contributed by atoms with van der Waals surface area (Å²) in [4.78, 5) is 8.84. The Labute approximate surface area is 106 Å². The molecule has 0 radical (unpaired) electrons. The second-order valence-corrected chi connectivity index (χ2v) is 4.26. The molecular weight excluding hydrogens is 229 g/mol. The Balaban J connectivity index is 2.20. The highest BCUT2D eigenvalue weighted by Gasteiger charge is 2.03.